The molecule has 3 aliphatic rings. The summed E-state index contributed by atoms with van der Waals surface area (Å²) in [5.41, 5.74) is 7.42. The molecule has 5 aromatic carbocycles. The summed E-state index contributed by atoms with van der Waals surface area (Å²) in [6.07, 6.45) is 9.19. The fraction of sp³-hybridized carbons (Fsp3) is 0.105. The van der Waals surface area contributed by atoms with Crippen LogP contribution in [0.15, 0.2) is 160 Å². The second-order valence-electron chi connectivity index (χ2n) is 11.1. The van der Waals surface area contributed by atoms with Crippen LogP contribution in [0.25, 0.3) is 21.5 Å². The predicted molar refractivity (Wildman–Crippen MR) is 174 cm³/mol. The third kappa shape index (κ3) is 4.37. The molecule has 0 bridgehead atoms. The number of aliphatic imine (C=N–C) groups is 2. The van der Waals surface area contributed by atoms with Crippen LogP contribution in [0.2, 0.25) is 0 Å². The molecule has 4 heteroatoms. The molecule has 4 nitrogen and oxygen atoms in total. The van der Waals surface area contributed by atoms with Crippen molar-refractivity contribution in [3.05, 3.63) is 167 Å². The summed E-state index contributed by atoms with van der Waals surface area (Å²) >= 11 is 0. The van der Waals surface area contributed by atoms with Crippen molar-refractivity contribution in [2.75, 3.05) is 0 Å². The number of allylic oxidation sites excluding steroid dienone is 4. The SMILES string of the molecule is C1=NC=C1C1=CC=C(C2N=C(c3ccccc3)NC(c3ccccc3)N2)CC1c1cc2ccccc2c2ccccc12. The molecule has 3 unspecified atom stereocenters. The fourth-order valence-corrected chi connectivity index (χ4v) is 6.48. The molecule has 0 saturated carbocycles. The van der Waals surface area contributed by atoms with Crippen LogP contribution in [-0.4, -0.2) is 18.2 Å². The molecule has 42 heavy (non-hydrogen) atoms. The van der Waals surface area contributed by atoms with Gasteiger partial charge in [-0.15, -0.1) is 0 Å². The zero-order valence-corrected chi connectivity index (χ0v) is 23.1. The van der Waals surface area contributed by atoms with Gasteiger partial charge in [0, 0.05) is 29.5 Å². The van der Waals surface area contributed by atoms with E-state index >= 15 is 0 Å². The van der Waals surface area contributed by atoms with Crippen molar-refractivity contribution < 1.29 is 0 Å². The third-order valence-electron chi connectivity index (χ3n) is 8.62. The minimum absolute atomic E-state index is 0.0587. The predicted octanol–water partition coefficient (Wildman–Crippen LogP) is 7.97. The van der Waals surface area contributed by atoms with E-state index < -0.39 is 0 Å². The monoisotopic (exact) mass is 542 g/mol. The van der Waals surface area contributed by atoms with Gasteiger partial charge in [-0.05, 0) is 56.3 Å². The third-order valence-corrected chi connectivity index (χ3v) is 8.62. The second-order valence-corrected chi connectivity index (χ2v) is 11.1. The number of fused-ring (bicyclic) bond motifs is 3. The van der Waals surface area contributed by atoms with Crippen LogP contribution in [0, 0.1) is 0 Å². The summed E-state index contributed by atoms with van der Waals surface area (Å²) in [7, 11) is 0. The standard InChI is InChI=1S/C38H30N4/c1-3-11-25(12-4-1)36-40-37(26-13-5-2-6-14-26)42-38(41-36)28-19-20-31(29-23-39-24-29)34(22-28)35-21-27-15-7-8-16-30(27)32-17-9-10-18-33(32)35/h1-21,23-24,34,36,38,41H,22H2,(H,40,42). The highest BCUT2D eigenvalue weighted by atomic mass is 15.3. The summed E-state index contributed by atoms with van der Waals surface area (Å²) in [5, 5.41) is 12.6. The maximum Gasteiger partial charge on any atom is 0.131 e. The van der Waals surface area contributed by atoms with Gasteiger partial charge in [0.05, 0.1) is 0 Å². The van der Waals surface area contributed by atoms with E-state index in [-0.39, 0.29) is 18.2 Å². The smallest absolute Gasteiger partial charge is 0.131 e. The van der Waals surface area contributed by atoms with Gasteiger partial charge in [0.1, 0.15) is 18.2 Å². The summed E-state index contributed by atoms with van der Waals surface area (Å²) in [4.78, 5) is 9.57. The maximum absolute atomic E-state index is 5.25. The van der Waals surface area contributed by atoms with Crippen LogP contribution in [0.3, 0.4) is 0 Å². The molecule has 2 heterocycles. The Bertz CT molecular complexity index is 1960. The summed E-state index contributed by atoms with van der Waals surface area (Å²) in [6.45, 7) is 0. The van der Waals surface area contributed by atoms with E-state index in [1.807, 2.05) is 18.5 Å². The van der Waals surface area contributed by atoms with E-state index in [4.69, 9.17) is 4.99 Å². The Morgan fingerprint density at radius 2 is 1.38 bits per heavy atom. The minimum atomic E-state index is -0.164. The van der Waals surface area contributed by atoms with Gasteiger partial charge < -0.3 is 5.32 Å². The van der Waals surface area contributed by atoms with Crippen LogP contribution in [0.1, 0.15) is 35.2 Å². The normalized spacial score (nSPS) is 21.6. The zero-order chi connectivity index (χ0) is 27.9. The second kappa shape index (κ2) is 10.4. The number of hydrogen-bond acceptors (Lipinski definition) is 4. The molecule has 3 atom stereocenters. The van der Waals surface area contributed by atoms with Gasteiger partial charge in [0.15, 0.2) is 0 Å². The lowest BCUT2D eigenvalue weighted by atomic mass is 9.76. The van der Waals surface area contributed by atoms with Crippen molar-refractivity contribution in [1.82, 2.24) is 10.6 Å². The first kappa shape index (κ1) is 24.7. The molecule has 2 N–H and O–H groups in total. The Hall–Kier alpha value is -5.06. The largest absolute Gasteiger partial charge is 0.350 e. The summed E-state index contributed by atoms with van der Waals surface area (Å²) in [6, 6.07) is 40.9. The van der Waals surface area contributed by atoms with Crippen molar-refractivity contribution in [3.63, 3.8) is 0 Å². The van der Waals surface area contributed by atoms with Crippen LogP contribution in [0.5, 0.6) is 0 Å². The van der Waals surface area contributed by atoms with E-state index in [0.717, 1.165) is 17.8 Å². The van der Waals surface area contributed by atoms with Crippen molar-refractivity contribution in [1.29, 1.82) is 0 Å². The molecule has 5 aromatic rings. The first-order valence-corrected chi connectivity index (χ1v) is 14.6. The highest BCUT2D eigenvalue weighted by Crippen LogP contribution is 2.44. The van der Waals surface area contributed by atoms with Crippen LogP contribution >= 0.6 is 0 Å². The molecule has 0 saturated heterocycles. The Balaban J connectivity index is 1.24. The van der Waals surface area contributed by atoms with E-state index in [0.29, 0.717) is 0 Å². The number of nitrogens with one attached hydrogen (secondary N) is 2. The quantitative estimate of drug-likeness (QED) is 0.221. The lowest BCUT2D eigenvalue weighted by Crippen LogP contribution is -2.49. The number of hydrogen-bond donors (Lipinski definition) is 2. The lowest BCUT2D eigenvalue weighted by molar-refractivity contribution is 0.422. The molecule has 0 amide bonds. The molecular formula is C38H30N4. The van der Waals surface area contributed by atoms with Gasteiger partial charge in [-0.2, -0.15) is 0 Å². The average molecular weight is 543 g/mol. The Morgan fingerprint density at radius 1 is 0.690 bits per heavy atom. The molecular weight excluding hydrogens is 512 g/mol. The van der Waals surface area contributed by atoms with Gasteiger partial charge in [-0.25, -0.2) is 4.99 Å². The Morgan fingerprint density at radius 3 is 2.14 bits per heavy atom. The first-order valence-electron chi connectivity index (χ1n) is 14.6. The number of amidine groups is 1. The van der Waals surface area contributed by atoms with Gasteiger partial charge in [0.2, 0.25) is 0 Å². The fourth-order valence-electron chi connectivity index (χ4n) is 6.48. The van der Waals surface area contributed by atoms with Crippen LogP contribution in [0.4, 0.5) is 0 Å². The van der Waals surface area contributed by atoms with Gasteiger partial charge in [-0.1, -0.05) is 121 Å². The van der Waals surface area contributed by atoms with Crippen LogP contribution in [-0.2, 0) is 0 Å². The number of benzene rings is 5. The maximum atomic E-state index is 5.25. The molecule has 1 aliphatic carbocycles. The average Bonchev–Trinajstić information content (AvgIpc) is 3.04. The Labute approximate surface area is 245 Å². The van der Waals surface area contributed by atoms with E-state index in [2.05, 4.69) is 137 Å². The summed E-state index contributed by atoms with van der Waals surface area (Å²) < 4.78 is 0. The van der Waals surface area contributed by atoms with E-state index in [9.17, 15) is 0 Å². The molecule has 0 fully saturated rings. The highest BCUT2D eigenvalue weighted by molar-refractivity contribution is 6.09. The van der Waals surface area contributed by atoms with E-state index in [1.165, 1.54) is 49.4 Å². The lowest BCUT2D eigenvalue weighted by Gasteiger charge is -2.36. The highest BCUT2D eigenvalue weighted by Gasteiger charge is 2.32. The molecule has 2 aliphatic heterocycles. The van der Waals surface area contributed by atoms with E-state index in [1.54, 1.807) is 0 Å². The van der Waals surface area contributed by atoms with Gasteiger partial charge in [-0.3, -0.25) is 10.3 Å². The number of rotatable bonds is 5. The van der Waals surface area contributed by atoms with Gasteiger partial charge in [0.25, 0.3) is 0 Å². The Kier molecular flexibility index (Phi) is 6.12. The molecule has 0 radical (unpaired) electrons. The summed E-state index contributed by atoms with van der Waals surface area (Å²) in [5.74, 6) is 1.09. The van der Waals surface area contributed by atoms with Crippen molar-refractivity contribution >= 4 is 33.6 Å². The zero-order valence-electron chi connectivity index (χ0n) is 23.1. The molecule has 8 rings (SSSR count). The van der Waals surface area contributed by atoms with Crippen molar-refractivity contribution in [2.45, 2.75) is 24.7 Å². The van der Waals surface area contributed by atoms with Crippen molar-refractivity contribution in [3.8, 4) is 0 Å². The minimum Gasteiger partial charge on any atom is -0.350 e. The molecule has 0 aromatic heterocycles. The molecule has 0 spiro atoms. The topological polar surface area (TPSA) is 48.8 Å². The first-order chi connectivity index (χ1) is 20.8. The van der Waals surface area contributed by atoms with Crippen LogP contribution < -0.4 is 10.6 Å². The number of nitrogens with zero attached hydrogens (tertiary/aromatic N) is 2. The van der Waals surface area contributed by atoms with Gasteiger partial charge >= 0.3 is 0 Å². The van der Waals surface area contributed by atoms with Crippen molar-refractivity contribution in [2.24, 2.45) is 9.98 Å². The molecule has 202 valence electrons.